The van der Waals surface area contributed by atoms with E-state index in [0.717, 1.165) is 15.8 Å². The van der Waals surface area contributed by atoms with Crippen LogP contribution >= 0.6 is 23.2 Å². The molecule has 5 rings (SSSR count). The van der Waals surface area contributed by atoms with Crippen LogP contribution < -0.4 is 28.1 Å². The van der Waals surface area contributed by atoms with Crippen molar-refractivity contribution in [1.29, 1.82) is 0 Å². The number of fused-ring (bicyclic) bond motifs is 4. The number of benzene rings is 4. The van der Waals surface area contributed by atoms with Crippen molar-refractivity contribution >= 4 is 40.2 Å². The number of hydrogen-bond donors (Lipinski definition) is 0. The minimum absolute atomic E-state index is 0. The van der Waals surface area contributed by atoms with Gasteiger partial charge in [-0.25, -0.2) is 0 Å². The van der Waals surface area contributed by atoms with E-state index in [-0.39, 0.29) is 29.0 Å². The fourth-order valence-corrected chi connectivity index (χ4v) is 16.9. The third kappa shape index (κ3) is 5.25. The van der Waals surface area contributed by atoms with Crippen molar-refractivity contribution in [2.24, 2.45) is 0 Å². The molecule has 1 nitrogen and oxygen atoms in total. The topological polar surface area (TPSA) is 9.23 Å². The second-order valence-corrected chi connectivity index (χ2v) is 19.4. The fraction of sp³-hybridized carbons (Fsp3) is 0.185. The fourth-order valence-electron chi connectivity index (χ4n) is 4.78. The van der Waals surface area contributed by atoms with Gasteiger partial charge in [0.1, 0.15) is 0 Å². The van der Waals surface area contributed by atoms with Crippen LogP contribution in [-0.2, 0) is 17.0 Å². The van der Waals surface area contributed by atoms with E-state index in [4.69, 9.17) is 26.5 Å². The minimum atomic E-state index is -2.10. The molecule has 0 unspecified atom stereocenters. The Bertz CT molecular complexity index is 1310. The van der Waals surface area contributed by atoms with E-state index in [2.05, 4.69) is 80.6 Å². The van der Waals surface area contributed by atoms with Gasteiger partial charge in [0.2, 0.25) is 0 Å². The van der Waals surface area contributed by atoms with Crippen LogP contribution in [0.2, 0.25) is 22.1 Å². The van der Waals surface area contributed by atoms with Gasteiger partial charge < -0.3 is 24.8 Å². The first-order valence-electron chi connectivity index (χ1n) is 11.1. The van der Waals surface area contributed by atoms with Gasteiger partial charge in [-0.1, -0.05) is 0 Å². The maximum absolute atomic E-state index is 7.07. The van der Waals surface area contributed by atoms with Crippen molar-refractivity contribution in [2.75, 3.05) is 0 Å². The summed E-state index contributed by atoms with van der Waals surface area (Å²) < 4.78 is 7.36. The first-order valence-corrected chi connectivity index (χ1v) is 17.6. The first kappa shape index (κ1) is 27.6. The molecule has 1 aliphatic rings. The second kappa shape index (κ2) is 11.8. The Labute approximate surface area is 230 Å². The summed E-state index contributed by atoms with van der Waals surface area (Å²) in [6.45, 7) is 4.67. The van der Waals surface area contributed by atoms with Crippen molar-refractivity contribution in [3.8, 4) is 16.9 Å². The van der Waals surface area contributed by atoms with E-state index in [1.807, 2.05) is 12.1 Å². The predicted octanol–water partition coefficient (Wildman–Crippen LogP) is 2.87. The number of halogens is 4. The van der Waals surface area contributed by atoms with Crippen LogP contribution in [0.25, 0.3) is 21.9 Å². The molecule has 1 aliphatic carbocycles. The predicted molar refractivity (Wildman–Crippen MR) is 135 cm³/mol. The largest absolute Gasteiger partial charge is 1.00 e. The molecule has 0 saturated carbocycles. The molecule has 34 heavy (non-hydrogen) atoms. The molecule has 0 saturated heterocycles. The van der Waals surface area contributed by atoms with Crippen LogP contribution in [0.1, 0.15) is 29.2 Å². The van der Waals surface area contributed by atoms with Gasteiger partial charge in [-0.3, -0.25) is 0 Å². The Morgan fingerprint density at radius 3 is 1.85 bits per heavy atom. The smallest absolute Gasteiger partial charge is 1.00 e. The van der Waals surface area contributed by atoms with Gasteiger partial charge >= 0.3 is 208 Å². The standard InChI is InChI=1S/C13H7Cl2.C10H8O.C4H10Si.2ClH.Ti/c14-10-1-3-12-8(6-10)5-9-7-11(15)2-4-13(9)12;11-10-6-5-8-3-1-2-4-9(8)7-10;1-3-5-4-2;;;/h1-7H;1-7,11H;3-4H2,1-2H3;2*1H;/q;;;;;+3/p-3. The molecule has 0 spiro atoms. The molecule has 174 valence electrons. The van der Waals surface area contributed by atoms with E-state index in [9.17, 15) is 0 Å². The molecule has 0 aromatic heterocycles. The van der Waals surface area contributed by atoms with Gasteiger partial charge in [-0.05, 0) is 0 Å². The van der Waals surface area contributed by atoms with Crippen LogP contribution in [-0.4, -0.2) is 6.19 Å². The molecule has 0 atom stereocenters. The number of rotatable bonds is 5. The molecule has 0 bridgehead atoms. The van der Waals surface area contributed by atoms with Crippen LogP contribution in [0.4, 0.5) is 0 Å². The summed E-state index contributed by atoms with van der Waals surface area (Å²) in [5.74, 6) is 1.00. The van der Waals surface area contributed by atoms with E-state index in [0.29, 0.717) is 0 Å². The zero-order valence-corrected chi connectivity index (χ0v) is 24.5. The maximum Gasteiger partial charge on any atom is -1.00 e. The third-order valence-electron chi connectivity index (χ3n) is 6.35. The molecule has 7 heteroatoms. The molecule has 0 fully saturated rings. The summed E-state index contributed by atoms with van der Waals surface area (Å²) in [6, 6.07) is 30.1. The molecule has 4 aromatic rings. The third-order valence-corrected chi connectivity index (χ3v) is 19.9. The maximum atomic E-state index is 7.07. The molecular weight excluding hydrogens is 558 g/mol. The Morgan fingerprint density at radius 2 is 1.29 bits per heavy atom. The molecular formula is C27H24Cl4OSiTi. The summed E-state index contributed by atoms with van der Waals surface area (Å²) in [5, 5.41) is 4.05. The molecule has 0 heterocycles. The van der Waals surface area contributed by atoms with E-state index in [1.165, 1.54) is 45.1 Å². The Morgan fingerprint density at radius 1 is 0.735 bits per heavy atom. The zero-order valence-electron chi connectivity index (χ0n) is 18.9. The Balaban J connectivity index is 0.00000162. The van der Waals surface area contributed by atoms with Crippen molar-refractivity contribution in [3.05, 3.63) is 100 Å². The molecule has 0 N–H and O–H groups in total. The van der Waals surface area contributed by atoms with E-state index >= 15 is 0 Å². The van der Waals surface area contributed by atoms with Gasteiger partial charge in [0.25, 0.3) is 0 Å². The van der Waals surface area contributed by atoms with Gasteiger partial charge in [-0.2, -0.15) is 0 Å². The average molecular weight is 582 g/mol. The first-order chi connectivity index (χ1) is 15.6. The summed E-state index contributed by atoms with van der Waals surface area (Å²) in [4.78, 5) is 0. The van der Waals surface area contributed by atoms with Crippen molar-refractivity contribution in [3.63, 3.8) is 0 Å². The van der Waals surface area contributed by atoms with Crippen molar-refractivity contribution < 1.29 is 45.1 Å². The van der Waals surface area contributed by atoms with Crippen molar-refractivity contribution in [1.82, 2.24) is 0 Å². The summed E-state index contributed by atoms with van der Waals surface area (Å²) in [5.41, 5.74) is 5.23. The van der Waals surface area contributed by atoms with Gasteiger partial charge in [0.15, 0.2) is 0 Å². The molecule has 0 aliphatic heterocycles. The van der Waals surface area contributed by atoms with Crippen LogP contribution in [0, 0.1) is 0 Å². The number of hydrogen-bond acceptors (Lipinski definition) is 1. The quantitative estimate of drug-likeness (QED) is 0.330. The van der Waals surface area contributed by atoms with Crippen LogP contribution in [0.3, 0.4) is 0 Å². The summed E-state index contributed by atoms with van der Waals surface area (Å²) in [7, 11) is 0. The van der Waals surface area contributed by atoms with Crippen LogP contribution in [0.15, 0.2) is 78.9 Å². The van der Waals surface area contributed by atoms with Gasteiger partial charge in [0.05, 0.1) is 0 Å². The summed E-state index contributed by atoms with van der Waals surface area (Å²) in [6.07, 6.45) is -0.645. The SMILES string of the molecule is CC[Si](CC)=[Ti+2]([O]c1ccc2ccccc2c1)[CH]1c2cc(Cl)ccc2-c2ccc(Cl)cc21.[Cl-].[Cl-]. The monoisotopic (exact) mass is 580 g/mol. The van der Waals surface area contributed by atoms with Crippen LogP contribution in [0.5, 0.6) is 5.75 Å². The normalized spacial score (nSPS) is 11.5. The van der Waals surface area contributed by atoms with Gasteiger partial charge in [0, 0.05) is 0 Å². The Kier molecular flexibility index (Phi) is 9.62. The second-order valence-electron chi connectivity index (χ2n) is 8.18. The van der Waals surface area contributed by atoms with Crippen molar-refractivity contribution in [2.45, 2.75) is 30.2 Å². The minimum Gasteiger partial charge on any atom is -1.00 e. The molecule has 4 aromatic carbocycles. The van der Waals surface area contributed by atoms with Gasteiger partial charge in [-0.15, -0.1) is 0 Å². The zero-order chi connectivity index (χ0) is 22.2. The summed E-state index contributed by atoms with van der Waals surface area (Å²) >= 11 is 10.9. The molecule has 0 radical (unpaired) electrons. The average Bonchev–Trinajstić information content (AvgIpc) is 3.11. The Hall–Kier alpha value is -0.969. The van der Waals surface area contributed by atoms with E-state index in [1.54, 1.807) is 0 Å². The molecule has 0 amide bonds. The van der Waals surface area contributed by atoms with E-state index < -0.39 is 23.2 Å².